The molecule has 1 amide bonds. The van der Waals surface area contributed by atoms with Crippen molar-refractivity contribution in [3.63, 3.8) is 0 Å². The van der Waals surface area contributed by atoms with Crippen LogP contribution in [0, 0.1) is 12.3 Å². The number of rotatable bonds is 4. The summed E-state index contributed by atoms with van der Waals surface area (Å²) in [5, 5.41) is 3.02. The van der Waals surface area contributed by atoms with Crippen molar-refractivity contribution in [2.45, 2.75) is 39.5 Å². The first-order chi connectivity index (χ1) is 9.02. The van der Waals surface area contributed by atoms with E-state index < -0.39 is 0 Å². The molecule has 1 saturated carbocycles. The van der Waals surface area contributed by atoms with Crippen LogP contribution >= 0.6 is 0 Å². The van der Waals surface area contributed by atoms with Gasteiger partial charge in [0, 0.05) is 17.8 Å². The van der Waals surface area contributed by atoms with Gasteiger partial charge in [0.15, 0.2) is 0 Å². The molecule has 1 aliphatic carbocycles. The Hall–Kier alpha value is -1.62. The number of hydrazine groups is 1. The molecule has 1 fully saturated rings. The lowest BCUT2D eigenvalue weighted by molar-refractivity contribution is 0.0934. The average molecular weight is 262 g/mol. The normalized spacial score (nSPS) is 17.2. The van der Waals surface area contributed by atoms with Gasteiger partial charge < -0.3 is 10.7 Å². The SMILES string of the molecule is Cc1cc(C(=O)NCC2(C)CCCC2)cc(NN)n1. The molecule has 0 bridgehead atoms. The minimum atomic E-state index is -0.0601. The number of pyridine rings is 1. The topological polar surface area (TPSA) is 80.0 Å². The number of nitrogen functional groups attached to an aromatic ring is 1. The molecule has 5 heteroatoms. The summed E-state index contributed by atoms with van der Waals surface area (Å²) < 4.78 is 0. The molecule has 5 nitrogen and oxygen atoms in total. The predicted octanol–water partition coefficient (Wildman–Crippen LogP) is 1.99. The average Bonchev–Trinajstić information content (AvgIpc) is 2.82. The number of aromatic nitrogens is 1. The maximum absolute atomic E-state index is 12.2. The molecule has 2 rings (SSSR count). The molecule has 1 aliphatic rings. The molecule has 0 saturated heterocycles. The van der Waals surface area contributed by atoms with Crippen molar-refractivity contribution in [2.24, 2.45) is 11.3 Å². The van der Waals surface area contributed by atoms with E-state index in [-0.39, 0.29) is 11.3 Å². The summed E-state index contributed by atoms with van der Waals surface area (Å²) in [6.07, 6.45) is 4.92. The molecular formula is C14H22N4O. The zero-order valence-corrected chi connectivity index (χ0v) is 11.6. The highest BCUT2D eigenvalue weighted by atomic mass is 16.1. The van der Waals surface area contributed by atoms with E-state index in [1.165, 1.54) is 25.7 Å². The number of nitrogens with zero attached hydrogens (tertiary/aromatic N) is 1. The van der Waals surface area contributed by atoms with Crippen LogP contribution in [0.4, 0.5) is 5.82 Å². The number of nitrogens with one attached hydrogen (secondary N) is 2. The summed E-state index contributed by atoms with van der Waals surface area (Å²) in [5.41, 5.74) is 4.10. The van der Waals surface area contributed by atoms with Crippen molar-refractivity contribution in [3.05, 3.63) is 23.4 Å². The fraction of sp³-hybridized carbons (Fsp3) is 0.571. The molecule has 104 valence electrons. The van der Waals surface area contributed by atoms with Crippen LogP contribution in [-0.2, 0) is 0 Å². The third-order valence-corrected chi connectivity index (χ3v) is 3.85. The van der Waals surface area contributed by atoms with E-state index >= 15 is 0 Å². The second-order valence-electron chi connectivity index (χ2n) is 5.73. The summed E-state index contributed by atoms with van der Waals surface area (Å²) in [6, 6.07) is 3.44. The van der Waals surface area contributed by atoms with E-state index in [1.807, 2.05) is 6.92 Å². The van der Waals surface area contributed by atoms with Gasteiger partial charge in [-0.05, 0) is 37.3 Å². The van der Waals surface area contributed by atoms with E-state index in [0.717, 1.165) is 12.2 Å². The number of nitrogens with two attached hydrogens (primary N) is 1. The monoisotopic (exact) mass is 262 g/mol. The van der Waals surface area contributed by atoms with E-state index in [2.05, 4.69) is 22.7 Å². The van der Waals surface area contributed by atoms with Crippen molar-refractivity contribution in [3.8, 4) is 0 Å². The van der Waals surface area contributed by atoms with Crippen LogP contribution in [-0.4, -0.2) is 17.4 Å². The molecule has 1 aromatic rings. The van der Waals surface area contributed by atoms with Gasteiger partial charge in [-0.25, -0.2) is 10.8 Å². The Morgan fingerprint density at radius 2 is 2.11 bits per heavy atom. The third-order valence-electron chi connectivity index (χ3n) is 3.85. The molecular weight excluding hydrogens is 240 g/mol. The lowest BCUT2D eigenvalue weighted by Gasteiger charge is -2.23. The summed E-state index contributed by atoms with van der Waals surface area (Å²) in [6.45, 7) is 4.82. The van der Waals surface area contributed by atoms with Crippen molar-refractivity contribution < 1.29 is 4.79 Å². The Labute approximate surface area is 114 Å². The molecule has 1 heterocycles. The van der Waals surface area contributed by atoms with Crippen LogP contribution in [0.3, 0.4) is 0 Å². The Morgan fingerprint density at radius 3 is 2.74 bits per heavy atom. The number of aryl methyl sites for hydroxylation is 1. The zero-order chi connectivity index (χ0) is 13.9. The van der Waals surface area contributed by atoms with Gasteiger partial charge in [0.05, 0.1) is 0 Å². The van der Waals surface area contributed by atoms with Gasteiger partial charge >= 0.3 is 0 Å². The van der Waals surface area contributed by atoms with Crippen LogP contribution < -0.4 is 16.6 Å². The standard InChI is InChI=1S/C14H22N4O/c1-10-7-11(8-12(17-10)18-15)13(19)16-9-14(2)5-3-4-6-14/h7-8H,3-6,9,15H2,1-2H3,(H,16,19)(H,17,18). The first-order valence-corrected chi connectivity index (χ1v) is 6.76. The Bertz CT molecular complexity index is 467. The predicted molar refractivity (Wildman–Crippen MR) is 75.7 cm³/mol. The molecule has 0 unspecified atom stereocenters. The largest absolute Gasteiger partial charge is 0.351 e. The lowest BCUT2D eigenvalue weighted by atomic mass is 9.89. The molecule has 0 atom stereocenters. The Balaban J connectivity index is 2.01. The highest BCUT2D eigenvalue weighted by molar-refractivity contribution is 5.95. The Kier molecular flexibility index (Phi) is 4.04. The van der Waals surface area contributed by atoms with E-state index in [1.54, 1.807) is 12.1 Å². The zero-order valence-electron chi connectivity index (χ0n) is 11.6. The summed E-state index contributed by atoms with van der Waals surface area (Å²) in [4.78, 5) is 16.3. The van der Waals surface area contributed by atoms with Gasteiger partial charge in [-0.2, -0.15) is 0 Å². The molecule has 19 heavy (non-hydrogen) atoms. The van der Waals surface area contributed by atoms with Crippen LogP contribution in [0.2, 0.25) is 0 Å². The summed E-state index contributed by atoms with van der Waals surface area (Å²) in [5.74, 6) is 5.79. The molecule has 0 spiro atoms. The van der Waals surface area contributed by atoms with Crippen molar-refractivity contribution >= 4 is 11.7 Å². The number of hydrogen-bond acceptors (Lipinski definition) is 4. The second kappa shape index (κ2) is 5.57. The lowest BCUT2D eigenvalue weighted by Crippen LogP contribution is -2.34. The molecule has 0 aliphatic heterocycles. The molecule has 4 N–H and O–H groups in total. The maximum Gasteiger partial charge on any atom is 0.251 e. The first kappa shape index (κ1) is 13.8. The summed E-state index contributed by atoms with van der Waals surface area (Å²) in [7, 11) is 0. The van der Waals surface area contributed by atoms with E-state index in [4.69, 9.17) is 5.84 Å². The Morgan fingerprint density at radius 1 is 1.42 bits per heavy atom. The number of carbonyl (C=O) groups is 1. The minimum absolute atomic E-state index is 0.0601. The van der Waals surface area contributed by atoms with Gasteiger partial charge in [-0.15, -0.1) is 0 Å². The smallest absolute Gasteiger partial charge is 0.251 e. The van der Waals surface area contributed by atoms with Gasteiger partial charge in [0.25, 0.3) is 5.91 Å². The van der Waals surface area contributed by atoms with Crippen molar-refractivity contribution in [1.82, 2.24) is 10.3 Å². The fourth-order valence-electron chi connectivity index (χ4n) is 2.67. The number of carbonyl (C=O) groups excluding carboxylic acids is 1. The van der Waals surface area contributed by atoms with Crippen LogP contribution in [0.25, 0.3) is 0 Å². The quantitative estimate of drug-likeness (QED) is 0.572. The maximum atomic E-state index is 12.2. The number of anilines is 1. The second-order valence-corrected chi connectivity index (χ2v) is 5.73. The number of hydrogen-bond donors (Lipinski definition) is 3. The van der Waals surface area contributed by atoms with Crippen LogP contribution in [0.1, 0.15) is 48.7 Å². The van der Waals surface area contributed by atoms with Gasteiger partial charge in [0.1, 0.15) is 5.82 Å². The minimum Gasteiger partial charge on any atom is -0.351 e. The first-order valence-electron chi connectivity index (χ1n) is 6.76. The molecule has 0 radical (unpaired) electrons. The highest BCUT2D eigenvalue weighted by Gasteiger charge is 2.28. The highest BCUT2D eigenvalue weighted by Crippen LogP contribution is 2.36. The van der Waals surface area contributed by atoms with Gasteiger partial charge in [-0.3, -0.25) is 4.79 Å². The third kappa shape index (κ3) is 3.44. The molecule has 1 aromatic heterocycles. The van der Waals surface area contributed by atoms with Gasteiger partial charge in [0.2, 0.25) is 0 Å². The fourth-order valence-corrected chi connectivity index (χ4v) is 2.67. The molecule has 0 aromatic carbocycles. The van der Waals surface area contributed by atoms with Crippen molar-refractivity contribution in [2.75, 3.05) is 12.0 Å². The van der Waals surface area contributed by atoms with Gasteiger partial charge in [-0.1, -0.05) is 19.8 Å². The van der Waals surface area contributed by atoms with E-state index in [9.17, 15) is 4.79 Å². The summed E-state index contributed by atoms with van der Waals surface area (Å²) >= 11 is 0. The van der Waals surface area contributed by atoms with Crippen LogP contribution in [0.15, 0.2) is 12.1 Å². The van der Waals surface area contributed by atoms with Crippen LogP contribution in [0.5, 0.6) is 0 Å². The van der Waals surface area contributed by atoms with Crippen molar-refractivity contribution in [1.29, 1.82) is 0 Å². The van der Waals surface area contributed by atoms with E-state index in [0.29, 0.717) is 11.4 Å². The number of amides is 1.